The van der Waals surface area contributed by atoms with Crippen molar-refractivity contribution < 1.29 is 31.1 Å². The summed E-state index contributed by atoms with van der Waals surface area (Å²) >= 11 is 0. The zero-order valence-corrected chi connectivity index (χ0v) is 16.2. The Labute approximate surface area is 160 Å². The molecule has 0 saturated heterocycles. The second-order valence-electron chi connectivity index (χ2n) is 6.17. The third kappa shape index (κ3) is 5.96. The van der Waals surface area contributed by atoms with Crippen LogP contribution in [0.4, 0.5) is 18.9 Å². The zero-order chi connectivity index (χ0) is 21.1. The molecule has 0 aliphatic heterocycles. The molecule has 0 aliphatic carbocycles. The lowest BCUT2D eigenvalue weighted by Crippen LogP contribution is -2.33. The summed E-state index contributed by atoms with van der Waals surface area (Å²) in [6.45, 7) is 5.04. The number of carbonyl (C=O) groups excluding carboxylic acids is 1. The van der Waals surface area contributed by atoms with Crippen molar-refractivity contribution in [3.8, 4) is 5.75 Å². The van der Waals surface area contributed by atoms with Gasteiger partial charge in [0, 0.05) is 5.69 Å². The summed E-state index contributed by atoms with van der Waals surface area (Å²) in [4.78, 5) is 11.8. The smallest absolute Gasteiger partial charge is 0.406 e. The van der Waals surface area contributed by atoms with E-state index in [1.807, 2.05) is 32.9 Å². The number of benzene rings is 2. The molecule has 0 unspecified atom stereocenters. The average molecular weight is 416 g/mol. The van der Waals surface area contributed by atoms with Crippen molar-refractivity contribution in [2.24, 2.45) is 0 Å². The van der Waals surface area contributed by atoms with Crippen LogP contribution in [0.15, 0.2) is 41.3 Å². The average Bonchev–Trinajstić information content (AvgIpc) is 2.55. The van der Waals surface area contributed by atoms with Gasteiger partial charge >= 0.3 is 6.36 Å². The van der Waals surface area contributed by atoms with Crippen molar-refractivity contribution in [1.29, 1.82) is 0 Å². The van der Waals surface area contributed by atoms with Gasteiger partial charge in [-0.1, -0.05) is 17.7 Å². The van der Waals surface area contributed by atoms with Crippen LogP contribution in [0.5, 0.6) is 5.75 Å². The fourth-order valence-electron chi connectivity index (χ4n) is 2.63. The molecule has 28 heavy (non-hydrogen) atoms. The number of aryl methyl sites for hydroxylation is 3. The predicted molar refractivity (Wildman–Crippen MR) is 97.6 cm³/mol. The molecule has 0 radical (unpaired) electrons. The molecule has 0 bridgehead atoms. The highest BCUT2D eigenvalue weighted by Gasteiger charge is 2.31. The number of hydrogen-bond donors (Lipinski definition) is 2. The van der Waals surface area contributed by atoms with Crippen LogP contribution in [0, 0.1) is 20.8 Å². The van der Waals surface area contributed by atoms with Gasteiger partial charge < -0.3 is 10.1 Å². The van der Waals surface area contributed by atoms with Crippen LogP contribution in [0.1, 0.15) is 16.7 Å². The zero-order valence-electron chi connectivity index (χ0n) is 15.3. The van der Waals surface area contributed by atoms with Crippen LogP contribution in [0.25, 0.3) is 0 Å². The Morgan fingerprint density at radius 2 is 1.57 bits per heavy atom. The van der Waals surface area contributed by atoms with E-state index in [-0.39, 0.29) is 4.90 Å². The summed E-state index contributed by atoms with van der Waals surface area (Å²) in [5.74, 6) is -1.12. The molecule has 10 heteroatoms. The normalized spacial score (nSPS) is 11.9. The standard InChI is InChI=1S/C18H19F3N2O4S/c1-11-8-12(2)17(13(3)9-11)23-16(24)10-22-28(25,26)15-6-4-14(5-7-15)27-18(19,20)21/h4-9,22H,10H2,1-3H3,(H,23,24). The van der Waals surface area contributed by atoms with Gasteiger partial charge in [0.2, 0.25) is 15.9 Å². The number of nitrogens with one attached hydrogen (secondary N) is 2. The maximum Gasteiger partial charge on any atom is 0.573 e. The van der Waals surface area contributed by atoms with Gasteiger partial charge in [-0.25, -0.2) is 13.1 Å². The molecule has 0 aliphatic rings. The Balaban J connectivity index is 2.02. The minimum Gasteiger partial charge on any atom is -0.406 e. The Morgan fingerprint density at radius 1 is 1.04 bits per heavy atom. The van der Waals surface area contributed by atoms with E-state index in [1.54, 1.807) is 0 Å². The third-order valence-electron chi connectivity index (χ3n) is 3.73. The second-order valence-corrected chi connectivity index (χ2v) is 7.93. The Morgan fingerprint density at radius 3 is 2.07 bits per heavy atom. The van der Waals surface area contributed by atoms with Crippen LogP contribution < -0.4 is 14.8 Å². The highest BCUT2D eigenvalue weighted by Crippen LogP contribution is 2.24. The first-order valence-electron chi connectivity index (χ1n) is 8.10. The predicted octanol–water partition coefficient (Wildman–Crippen LogP) is 3.43. The number of hydrogen-bond acceptors (Lipinski definition) is 4. The third-order valence-corrected chi connectivity index (χ3v) is 5.15. The molecule has 0 aromatic heterocycles. The lowest BCUT2D eigenvalue weighted by molar-refractivity contribution is -0.274. The second kappa shape index (κ2) is 8.19. The summed E-state index contributed by atoms with van der Waals surface area (Å²) in [6.07, 6.45) is -4.87. The molecular weight excluding hydrogens is 397 g/mol. The van der Waals surface area contributed by atoms with Crippen LogP contribution in [-0.4, -0.2) is 27.2 Å². The molecule has 0 spiro atoms. The van der Waals surface area contributed by atoms with Gasteiger partial charge in [0.1, 0.15) is 5.75 Å². The summed E-state index contributed by atoms with van der Waals surface area (Å²) in [6, 6.07) is 7.43. The lowest BCUT2D eigenvalue weighted by Gasteiger charge is -2.13. The number of rotatable bonds is 6. The highest BCUT2D eigenvalue weighted by molar-refractivity contribution is 7.89. The van der Waals surface area contributed by atoms with Crippen molar-refractivity contribution in [1.82, 2.24) is 4.72 Å². The monoisotopic (exact) mass is 416 g/mol. The summed E-state index contributed by atoms with van der Waals surface area (Å²) in [5.41, 5.74) is 3.32. The van der Waals surface area contributed by atoms with E-state index in [1.165, 1.54) is 0 Å². The Kier molecular flexibility index (Phi) is 6.35. The highest BCUT2D eigenvalue weighted by atomic mass is 32.2. The molecule has 0 fully saturated rings. The van der Waals surface area contributed by atoms with Gasteiger partial charge in [-0.3, -0.25) is 4.79 Å². The number of sulfonamides is 1. The Bertz CT molecular complexity index is 948. The number of amides is 1. The van der Waals surface area contributed by atoms with Crippen LogP contribution in [-0.2, 0) is 14.8 Å². The maximum absolute atomic E-state index is 12.2. The van der Waals surface area contributed by atoms with E-state index in [0.29, 0.717) is 5.69 Å². The fourth-order valence-corrected chi connectivity index (χ4v) is 3.61. The summed E-state index contributed by atoms with van der Waals surface area (Å²) in [5, 5.41) is 2.65. The van der Waals surface area contributed by atoms with Crippen molar-refractivity contribution in [3.05, 3.63) is 53.1 Å². The number of alkyl halides is 3. The summed E-state index contributed by atoms with van der Waals surface area (Å²) < 4.78 is 66.7. The van der Waals surface area contributed by atoms with Gasteiger partial charge in [0.05, 0.1) is 11.4 Å². The molecule has 2 N–H and O–H groups in total. The first-order chi connectivity index (χ1) is 12.9. The molecule has 0 saturated carbocycles. The van der Waals surface area contributed by atoms with Gasteiger partial charge in [-0.05, 0) is 56.2 Å². The van der Waals surface area contributed by atoms with Gasteiger partial charge in [-0.2, -0.15) is 0 Å². The Hall–Kier alpha value is -2.59. The van der Waals surface area contributed by atoms with Gasteiger partial charge in [0.25, 0.3) is 0 Å². The van der Waals surface area contributed by atoms with Gasteiger partial charge in [0.15, 0.2) is 0 Å². The van der Waals surface area contributed by atoms with Crippen LogP contribution in [0.2, 0.25) is 0 Å². The van der Waals surface area contributed by atoms with Crippen LogP contribution >= 0.6 is 0 Å². The maximum atomic E-state index is 12.2. The first-order valence-corrected chi connectivity index (χ1v) is 9.59. The van der Waals surface area contributed by atoms with E-state index in [4.69, 9.17) is 0 Å². The van der Waals surface area contributed by atoms with E-state index in [0.717, 1.165) is 41.0 Å². The van der Waals surface area contributed by atoms with Crippen molar-refractivity contribution >= 4 is 21.6 Å². The summed E-state index contributed by atoms with van der Waals surface area (Å²) in [7, 11) is -4.08. The number of ether oxygens (including phenoxy) is 1. The lowest BCUT2D eigenvalue weighted by atomic mass is 10.1. The quantitative estimate of drug-likeness (QED) is 0.756. The number of anilines is 1. The molecule has 0 atom stereocenters. The van der Waals surface area contributed by atoms with Crippen LogP contribution in [0.3, 0.4) is 0 Å². The minimum atomic E-state index is -4.87. The molecule has 2 aromatic rings. The minimum absolute atomic E-state index is 0.294. The van der Waals surface area contributed by atoms with E-state index < -0.39 is 34.6 Å². The van der Waals surface area contributed by atoms with Crippen molar-refractivity contribution in [2.45, 2.75) is 32.0 Å². The molecule has 152 valence electrons. The van der Waals surface area contributed by atoms with Gasteiger partial charge in [-0.15, -0.1) is 13.2 Å². The van der Waals surface area contributed by atoms with E-state index >= 15 is 0 Å². The molecule has 2 aromatic carbocycles. The molecular formula is C18H19F3N2O4S. The fraction of sp³-hybridized carbons (Fsp3) is 0.278. The van der Waals surface area contributed by atoms with Crippen molar-refractivity contribution in [3.63, 3.8) is 0 Å². The largest absolute Gasteiger partial charge is 0.573 e. The number of carbonyl (C=O) groups is 1. The SMILES string of the molecule is Cc1cc(C)c(NC(=O)CNS(=O)(=O)c2ccc(OC(F)(F)F)cc2)c(C)c1. The van der Waals surface area contributed by atoms with E-state index in [9.17, 15) is 26.4 Å². The molecule has 0 heterocycles. The van der Waals surface area contributed by atoms with E-state index in [2.05, 4.69) is 14.8 Å². The molecule has 1 amide bonds. The molecule has 2 rings (SSSR count). The van der Waals surface area contributed by atoms with Crippen molar-refractivity contribution in [2.75, 3.05) is 11.9 Å². The first kappa shape index (κ1) is 21.7. The topological polar surface area (TPSA) is 84.5 Å². The molecule has 6 nitrogen and oxygen atoms in total. The number of halogens is 3.